The molecule has 1 fully saturated rings. The Bertz CT molecular complexity index is 361. The summed E-state index contributed by atoms with van der Waals surface area (Å²) in [5, 5.41) is 8.55. The van der Waals surface area contributed by atoms with Crippen LogP contribution in [0, 0.1) is 11.3 Å². The molecule has 0 amide bonds. The SMILES string of the molecule is N#CCc1ccc(OC2CCCOC2)cc1. The monoisotopic (exact) mass is 217 g/mol. The molecule has 1 unspecified atom stereocenters. The van der Waals surface area contributed by atoms with Gasteiger partial charge in [-0.1, -0.05) is 12.1 Å². The highest BCUT2D eigenvalue weighted by Gasteiger charge is 2.14. The smallest absolute Gasteiger partial charge is 0.122 e. The lowest BCUT2D eigenvalue weighted by Crippen LogP contribution is -2.27. The first-order valence-corrected chi connectivity index (χ1v) is 5.59. The van der Waals surface area contributed by atoms with E-state index in [0.29, 0.717) is 13.0 Å². The minimum absolute atomic E-state index is 0.176. The second kappa shape index (κ2) is 5.53. The molecule has 1 aliphatic heterocycles. The summed E-state index contributed by atoms with van der Waals surface area (Å²) in [7, 11) is 0. The van der Waals surface area contributed by atoms with Crippen molar-refractivity contribution in [3.05, 3.63) is 29.8 Å². The molecule has 1 aromatic rings. The fourth-order valence-corrected chi connectivity index (χ4v) is 1.77. The van der Waals surface area contributed by atoms with Crippen LogP contribution < -0.4 is 4.74 Å². The zero-order valence-corrected chi connectivity index (χ0v) is 9.19. The Morgan fingerprint density at radius 2 is 2.19 bits per heavy atom. The van der Waals surface area contributed by atoms with Crippen molar-refractivity contribution in [3.63, 3.8) is 0 Å². The maximum atomic E-state index is 8.55. The van der Waals surface area contributed by atoms with Gasteiger partial charge in [0.05, 0.1) is 19.1 Å². The first-order chi connectivity index (χ1) is 7.88. The molecule has 1 aromatic carbocycles. The minimum Gasteiger partial charge on any atom is -0.488 e. The summed E-state index contributed by atoms with van der Waals surface area (Å²) in [6.07, 6.45) is 2.75. The van der Waals surface area contributed by atoms with Gasteiger partial charge in [0, 0.05) is 6.61 Å². The van der Waals surface area contributed by atoms with E-state index < -0.39 is 0 Å². The highest BCUT2D eigenvalue weighted by Crippen LogP contribution is 2.18. The van der Waals surface area contributed by atoms with Crippen molar-refractivity contribution in [2.24, 2.45) is 0 Å². The topological polar surface area (TPSA) is 42.2 Å². The van der Waals surface area contributed by atoms with Gasteiger partial charge < -0.3 is 9.47 Å². The number of benzene rings is 1. The number of hydrogen-bond acceptors (Lipinski definition) is 3. The summed E-state index contributed by atoms with van der Waals surface area (Å²) >= 11 is 0. The summed E-state index contributed by atoms with van der Waals surface area (Å²) in [4.78, 5) is 0. The highest BCUT2D eigenvalue weighted by molar-refractivity contribution is 5.28. The van der Waals surface area contributed by atoms with Crippen molar-refractivity contribution in [3.8, 4) is 11.8 Å². The fraction of sp³-hybridized carbons (Fsp3) is 0.462. The summed E-state index contributed by atoms with van der Waals surface area (Å²) in [6, 6.07) is 9.83. The summed E-state index contributed by atoms with van der Waals surface area (Å²) in [5.74, 6) is 0.859. The van der Waals surface area contributed by atoms with Crippen molar-refractivity contribution >= 4 is 0 Å². The molecule has 0 N–H and O–H groups in total. The molecule has 0 saturated carbocycles. The molecular weight excluding hydrogens is 202 g/mol. The summed E-state index contributed by atoms with van der Waals surface area (Å²) < 4.78 is 11.1. The number of hydrogen-bond donors (Lipinski definition) is 0. The molecule has 3 heteroatoms. The Kier molecular flexibility index (Phi) is 3.79. The van der Waals surface area contributed by atoms with Gasteiger partial charge in [-0.05, 0) is 30.5 Å². The Labute approximate surface area is 95.6 Å². The molecule has 0 bridgehead atoms. The zero-order valence-electron chi connectivity index (χ0n) is 9.19. The van der Waals surface area contributed by atoms with Gasteiger partial charge in [0.1, 0.15) is 11.9 Å². The third kappa shape index (κ3) is 2.98. The maximum Gasteiger partial charge on any atom is 0.122 e. The summed E-state index contributed by atoms with van der Waals surface area (Å²) in [5.41, 5.74) is 1.02. The van der Waals surface area contributed by atoms with Gasteiger partial charge in [-0.2, -0.15) is 5.26 Å². The van der Waals surface area contributed by atoms with Gasteiger partial charge in [-0.25, -0.2) is 0 Å². The van der Waals surface area contributed by atoms with Crippen LogP contribution in [0.5, 0.6) is 5.75 Å². The normalized spacial score (nSPS) is 20.1. The van der Waals surface area contributed by atoms with Crippen LogP contribution in [-0.4, -0.2) is 19.3 Å². The van der Waals surface area contributed by atoms with Gasteiger partial charge in [0.15, 0.2) is 0 Å². The molecule has 1 heterocycles. The van der Waals surface area contributed by atoms with Crippen LogP contribution in [0.1, 0.15) is 18.4 Å². The van der Waals surface area contributed by atoms with E-state index in [2.05, 4.69) is 6.07 Å². The number of nitriles is 1. The minimum atomic E-state index is 0.176. The molecule has 16 heavy (non-hydrogen) atoms. The lowest BCUT2D eigenvalue weighted by atomic mass is 10.1. The third-order valence-electron chi connectivity index (χ3n) is 2.63. The van der Waals surface area contributed by atoms with Crippen molar-refractivity contribution < 1.29 is 9.47 Å². The number of ether oxygens (including phenoxy) is 2. The Morgan fingerprint density at radius 3 is 2.81 bits per heavy atom. The molecule has 1 aliphatic rings. The Morgan fingerprint density at radius 1 is 1.38 bits per heavy atom. The maximum absolute atomic E-state index is 8.55. The number of rotatable bonds is 3. The van der Waals surface area contributed by atoms with Gasteiger partial charge in [-0.15, -0.1) is 0 Å². The molecule has 1 atom stereocenters. The van der Waals surface area contributed by atoms with E-state index in [1.807, 2.05) is 24.3 Å². The lowest BCUT2D eigenvalue weighted by molar-refractivity contribution is 0.00742. The van der Waals surface area contributed by atoms with E-state index in [-0.39, 0.29) is 6.10 Å². The van der Waals surface area contributed by atoms with E-state index in [0.717, 1.165) is 30.8 Å². The lowest BCUT2D eigenvalue weighted by Gasteiger charge is -2.23. The van der Waals surface area contributed by atoms with Crippen LogP contribution in [0.15, 0.2) is 24.3 Å². The molecule has 0 aliphatic carbocycles. The van der Waals surface area contributed by atoms with Crippen LogP contribution in [-0.2, 0) is 11.2 Å². The van der Waals surface area contributed by atoms with Crippen LogP contribution in [0.4, 0.5) is 0 Å². The molecule has 1 saturated heterocycles. The van der Waals surface area contributed by atoms with Crippen molar-refractivity contribution in [2.45, 2.75) is 25.4 Å². The molecule has 3 nitrogen and oxygen atoms in total. The van der Waals surface area contributed by atoms with Crippen LogP contribution >= 0.6 is 0 Å². The average molecular weight is 217 g/mol. The largest absolute Gasteiger partial charge is 0.488 e. The third-order valence-corrected chi connectivity index (χ3v) is 2.63. The van der Waals surface area contributed by atoms with Gasteiger partial charge in [0.25, 0.3) is 0 Å². The fourth-order valence-electron chi connectivity index (χ4n) is 1.77. The summed E-state index contributed by atoms with van der Waals surface area (Å²) in [6.45, 7) is 1.53. The first kappa shape index (κ1) is 11.0. The van der Waals surface area contributed by atoms with E-state index in [4.69, 9.17) is 14.7 Å². The number of nitrogens with zero attached hydrogens (tertiary/aromatic N) is 1. The van der Waals surface area contributed by atoms with Gasteiger partial charge in [0.2, 0.25) is 0 Å². The Hall–Kier alpha value is -1.53. The molecule has 0 radical (unpaired) electrons. The first-order valence-electron chi connectivity index (χ1n) is 5.59. The van der Waals surface area contributed by atoms with Crippen LogP contribution in [0.2, 0.25) is 0 Å². The molecule has 0 spiro atoms. The molecular formula is C13H15NO2. The van der Waals surface area contributed by atoms with Gasteiger partial charge >= 0.3 is 0 Å². The molecule has 84 valence electrons. The Balaban J connectivity index is 1.91. The predicted molar refractivity (Wildman–Crippen MR) is 60.2 cm³/mol. The van der Waals surface area contributed by atoms with Crippen molar-refractivity contribution in [2.75, 3.05) is 13.2 Å². The second-order valence-corrected chi connectivity index (χ2v) is 3.94. The van der Waals surface area contributed by atoms with E-state index >= 15 is 0 Å². The average Bonchev–Trinajstić information content (AvgIpc) is 2.33. The standard InChI is InChI=1S/C13H15NO2/c14-8-7-11-3-5-12(6-4-11)16-13-2-1-9-15-10-13/h3-6,13H,1-2,7,9-10H2. The van der Waals surface area contributed by atoms with E-state index in [1.54, 1.807) is 0 Å². The predicted octanol–water partition coefficient (Wildman–Crippen LogP) is 2.31. The van der Waals surface area contributed by atoms with E-state index in [1.165, 1.54) is 0 Å². The van der Waals surface area contributed by atoms with E-state index in [9.17, 15) is 0 Å². The van der Waals surface area contributed by atoms with Crippen LogP contribution in [0.25, 0.3) is 0 Å². The van der Waals surface area contributed by atoms with Crippen molar-refractivity contribution in [1.82, 2.24) is 0 Å². The zero-order chi connectivity index (χ0) is 11.2. The highest BCUT2D eigenvalue weighted by atomic mass is 16.5. The van der Waals surface area contributed by atoms with Crippen molar-refractivity contribution in [1.29, 1.82) is 5.26 Å². The van der Waals surface area contributed by atoms with Crippen LogP contribution in [0.3, 0.4) is 0 Å². The van der Waals surface area contributed by atoms with Gasteiger partial charge in [-0.3, -0.25) is 0 Å². The molecule has 0 aromatic heterocycles. The second-order valence-electron chi connectivity index (χ2n) is 3.94. The quantitative estimate of drug-likeness (QED) is 0.780. The molecule has 2 rings (SSSR count).